The Bertz CT molecular complexity index is 720. The van der Waals surface area contributed by atoms with E-state index < -0.39 is 72.5 Å². The number of ether oxygens (including phenoxy) is 2. The van der Waals surface area contributed by atoms with Crippen molar-refractivity contribution in [2.24, 2.45) is 5.41 Å². The molecule has 32 heavy (non-hydrogen) atoms. The van der Waals surface area contributed by atoms with Crippen molar-refractivity contribution in [1.82, 2.24) is 0 Å². The Kier molecular flexibility index (Phi) is 7.44. The van der Waals surface area contributed by atoms with Crippen LogP contribution in [0, 0.1) is 5.41 Å². The van der Waals surface area contributed by atoms with Crippen LogP contribution >= 0.6 is 0 Å². The average molecular weight is 500 g/mol. The van der Waals surface area contributed by atoms with Crippen LogP contribution in [0.1, 0.15) is 33.1 Å². The van der Waals surface area contributed by atoms with Gasteiger partial charge >= 0.3 is 48.0 Å². The molecular weight excluding hydrogens is 484 g/mol. The van der Waals surface area contributed by atoms with E-state index in [1.54, 1.807) is 13.8 Å². The fourth-order valence-corrected chi connectivity index (χ4v) is 2.74. The highest BCUT2D eigenvalue weighted by Crippen LogP contribution is 2.58. The number of carbonyl (C=O) groups excluding carboxylic acids is 2. The molecule has 1 aliphatic heterocycles. The predicted octanol–water partition coefficient (Wildman–Crippen LogP) is 5.09. The number of rotatable bonds is 9. The maximum atomic E-state index is 13.6. The average Bonchev–Trinajstić information content (AvgIpc) is 2.57. The van der Waals surface area contributed by atoms with Gasteiger partial charge in [0.25, 0.3) is 0 Å². The maximum Gasteiger partial charge on any atom is 0.384 e. The summed E-state index contributed by atoms with van der Waals surface area (Å²) in [6.45, 7) is 0.116. The third-order valence-electron chi connectivity index (χ3n) is 4.45. The summed E-state index contributed by atoms with van der Waals surface area (Å²) >= 11 is 0. The molecule has 0 bridgehead atoms. The molecule has 0 aromatic rings. The number of halogens is 12. The van der Waals surface area contributed by atoms with Gasteiger partial charge in [-0.05, 0) is 11.8 Å². The summed E-state index contributed by atoms with van der Waals surface area (Å²) in [6.07, 6.45) is -7.99. The molecule has 16 heteroatoms. The largest absolute Gasteiger partial charge is 0.462 e. The van der Waals surface area contributed by atoms with Gasteiger partial charge in [-0.2, -0.15) is 43.9 Å². The minimum atomic E-state index is -7.70. The highest BCUT2D eigenvalue weighted by molar-refractivity contribution is 5.74. The second kappa shape index (κ2) is 8.47. The summed E-state index contributed by atoms with van der Waals surface area (Å²) in [5.74, 6) is -38.8. The Balaban J connectivity index is 2.97. The molecule has 0 aliphatic carbocycles. The van der Waals surface area contributed by atoms with Crippen molar-refractivity contribution >= 4 is 11.9 Å². The van der Waals surface area contributed by atoms with E-state index in [0.29, 0.717) is 0 Å². The Morgan fingerprint density at radius 1 is 1.00 bits per heavy atom. The van der Waals surface area contributed by atoms with Crippen molar-refractivity contribution in [3.05, 3.63) is 0 Å². The molecule has 0 aromatic heterocycles. The minimum absolute atomic E-state index is 0.0204. The molecule has 1 unspecified atom stereocenters. The minimum Gasteiger partial charge on any atom is -0.462 e. The Morgan fingerprint density at radius 3 is 1.94 bits per heavy atom. The number of carbonyl (C=O) groups is 2. The zero-order valence-electron chi connectivity index (χ0n) is 16.2. The number of hydrogen-bond acceptors (Lipinski definition) is 4. The van der Waals surface area contributed by atoms with Crippen LogP contribution in [0.15, 0.2) is 0 Å². The van der Waals surface area contributed by atoms with E-state index >= 15 is 0 Å². The first kappa shape index (κ1) is 28.1. The van der Waals surface area contributed by atoms with Gasteiger partial charge in [0, 0.05) is 0 Å². The Morgan fingerprint density at radius 2 is 1.50 bits per heavy atom. The second-order valence-electron chi connectivity index (χ2n) is 7.87. The summed E-state index contributed by atoms with van der Waals surface area (Å²) < 4.78 is 165. The van der Waals surface area contributed by atoms with Gasteiger partial charge in [-0.1, -0.05) is 13.8 Å². The van der Waals surface area contributed by atoms with Crippen molar-refractivity contribution in [3.63, 3.8) is 0 Å². The second-order valence-corrected chi connectivity index (χ2v) is 7.87. The van der Waals surface area contributed by atoms with E-state index in [1.165, 1.54) is 0 Å². The molecule has 188 valence electrons. The summed E-state index contributed by atoms with van der Waals surface area (Å²) in [5.41, 5.74) is -0.721. The van der Waals surface area contributed by atoms with Gasteiger partial charge in [0.15, 0.2) is 6.61 Å². The zero-order chi connectivity index (χ0) is 25.6. The molecule has 0 saturated carbocycles. The lowest BCUT2D eigenvalue weighted by Crippen LogP contribution is -2.69. The zero-order valence-corrected chi connectivity index (χ0v) is 16.2. The number of alkyl halides is 12. The predicted molar refractivity (Wildman–Crippen MR) is 79.2 cm³/mol. The van der Waals surface area contributed by atoms with Gasteiger partial charge in [-0.25, -0.2) is 8.78 Å². The molecule has 4 nitrogen and oxygen atoms in total. The summed E-state index contributed by atoms with van der Waals surface area (Å²) in [4.78, 5) is 22.9. The van der Waals surface area contributed by atoms with Gasteiger partial charge in [0.2, 0.25) is 0 Å². The van der Waals surface area contributed by atoms with Gasteiger partial charge in [-0.15, -0.1) is 0 Å². The summed E-state index contributed by atoms with van der Waals surface area (Å²) in [7, 11) is 0. The smallest absolute Gasteiger partial charge is 0.384 e. The highest BCUT2D eigenvalue weighted by Gasteiger charge is 2.87. The van der Waals surface area contributed by atoms with Crippen molar-refractivity contribution in [3.8, 4) is 0 Å². The molecule has 1 fully saturated rings. The molecule has 0 N–H and O–H groups in total. The quantitative estimate of drug-likeness (QED) is 0.327. The molecule has 1 aliphatic rings. The van der Waals surface area contributed by atoms with Crippen LogP contribution in [0.4, 0.5) is 52.7 Å². The molecular formula is C16H16F12O4. The highest BCUT2D eigenvalue weighted by atomic mass is 19.4. The van der Waals surface area contributed by atoms with Gasteiger partial charge in [0.05, 0.1) is 12.8 Å². The molecule has 0 spiro atoms. The maximum absolute atomic E-state index is 13.6. The Labute approximate surface area is 172 Å². The van der Waals surface area contributed by atoms with E-state index in [0.717, 1.165) is 0 Å². The van der Waals surface area contributed by atoms with E-state index in [9.17, 15) is 62.3 Å². The van der Waals surface area contributed by atoms with Crippen LogP contribution in [0.3, 0.4) is 0 Å². The van der Waals surface area contributed by atoms with Crippen LogP contribution in [-0.4, -0.2) is 60.7 Å². The lowest BCUT2D eigenvalue weighted by Gasteiger charge is -2.39. The lowest BCUT2D eigenvalue weighted by atomic mass is 9.81. The summed E-state index contributed by atoms with van der Waals surface area (Å²) in [5, 5.41) is 0. The molecule has 1 rings (SSSR count). The van der Waals surface area contributed by atoms with E-state index in [2.05, 4.69) is 4.74 Å². The van der Waals surface area contributed by atoms with Crippen molar-refractivity contribution in [2.75, 3.05) is 6.61 Å². The third-order valence-corrected chi connectivity index (χ3v) is 4.45. The lowest BCUT2D eigenvalue weighted by molar-refractivity contribution is -0.414. The molecule has 1 saturated heterocycles. The van der Waals surface area contributed by atoms with E-state index in [-0.39, 0.29) is 12.8 Å². The number of esters is 2. The molecule has 1 atom stereocenters. The fraction of sp³-hybridized carbons (Fsp3) is 0.875. The van der Waals surface area contributed by atoms with Gasteiger partial charge in [-0.3, -0.25) is 9.59 Å². The van der Waals surface area contributed by atoms with Crippen LogP contribution in [-0.2, 0) is 19.1 Å². The molecule has 0 aromatic carbocycles. The third kappa shape index (κ3) is 5.02. The fourth-order valence-electron chi connectivity index (χ4n) is 2.74. The topological polar surface area (TPSA) is 52.6 Å². The van der Waals surface area contributed by atoms with Crippen LogP contribution in [0.2, 0.25) is 0 Å². The first-order valence-corrected chi connectivity index (χ1v) is 8.54. The number of cyclic esters (lactones) is 1. The van der Waals surface area contributed by atoms with Crippen molar-refractivity contribution in [1.29, 1.82) is 0 Å². The first-order chi connectivity index (χ1) is 14.0. The first-order valence-electron chi connectivity index (χ1n) is 8.54. The van der Waals surface area contributed by atoms with Gasteiger partial charge < -0.3 is 9.47 Å². The van der Waals surface area contributed by atoms with Crippen LogP contribution in [0.5, 0.6) is 0 Å². The van der Waals surface area contributed by atoms with E-state index in [4.69, 9.17) is 4.74 Å². The standard InChI is InChI=1S/C16H16F12O4/c1-11(2)4-7(32-9(30)5-11)3-8(29)31-6-12(19,20)14(23,24)16(27,28)15(25,26)13(21,22)10(17)18/h7,10H,3-6H2,1-2H3. The summed E-state index contributed by atoms with van der Waals surface area (Å²) in [6, 6.07) is 0. The Hall–Kier alpha value is -1.90. The monoisotopic (exact) mass is 500 g/mol. The molecule has 0 amide bonds. The van der Waals surface area contributed by atoms with Crippen molar-refractivity contribution < 1.29 is 71.7 Å². The van der Waals surface area contributed by atoms with E-state index in [1.807, 2.05) is 0 Å². The van der Waals surface area contributed by atoms with Crippen molar-refractivity contribution in [2.45, 2.75) is 75.3 Å². The number of hydrogen-bond donors (Lipinski definition) is 0. The SMILES string of the molecule is CC1(C)CC(=O)OC(CC(=O)OCC(F)(F)C(F)(F)C(F)(F)C(F)(F)C(F)(F)C(F)F)C1. The van der Waals surface area contributed by atoms with Crippen LogP contribution in [0.25, 0.3) is 0 Å². The van der Waals surface area contributed by atoms with Gasteiger partial charge in [0.1, 0.15) is 6.10 Å². The normalized spacial score (nSPS) is 20.8. The molecule has 1 heterocycles. The van der Waals surface area contributed by atoms with Crippen LogP contribution < -0.4 is 0 Å². The molecule has 0 radical (unpaired) electrons.